The SMILES string of the molecule is Nc1cc(OC(F)(F)F)ccc1C(=O)N1CCC(c2c(F)cnc3[nH]c4c(c23)CNC(=O)CC4)CC1. The summed E-state index contributed by atoms with van der Waals surface area (Å²) < 4.78 is 56.3. The lowest BCUT2D eigenvalue weighted by atomic mass is 9.86. The Morgan fingerprint density at radius 2 is 1.94 bits per heavy atom. The Morgan fingerprint density at radius 1 is 1.19 bits per heavy atom. The van der Waals surface area contributed by atoms with E-state index in [1.165, 1.54) is 12.3 Å². The van der Waals surface area contributed by atoms with Crippen molar-refractivity contribution < 1.29 is 31.9 Å². The molecule has 3 aromatic rings. The van der Waals surface area contributed by atoms with Crippen LogP contribution in [0.5, 0.6) is 5.75 Å². The van der Waals surface area contributed by atoms with Gasteiger partial charge in [-0.15, -0.1) is 13.2 Å². The molecule has 0 saturated carbocycles. The molecule has 36 heavy (non-hydrogen) atoms. The Morgan fingerprint density at radius 3 is 2.64 bits per heavy atom. The van der Waals surface area contributed by atoms with Gasteiger partial charge in [-0.25, -0.2) is 9.37 Å². The number of alkyl halides is 3. The third-order valence-corrected chi connectivity index (χ3v) is 6.75. The number of piperidine rings is 1. The number of ether oxygens (including phenoxy) is 1. The number of hydrogen-bond donors (Lipinski definition) is 3. The summed E-state index contributed by atoms with van der Waals surface area (Å²) in [6, 6.07) is 3.22. The topological polar surface area (TPSA) is 113 Å². The number of benzene rings is 1. The maximum atomic E-state index is 15.1. The van der Waals surface area contributed by atoms with E-state index in [-0.39, 0.29) is 29.6 Å². The molecule has 0 unspecified atom stereocenters. The molecule has 12 heteroatoms. The summed E-state index contributed by atoms with van der Waals surface area (Å²) >= 11 is 0. The minimum atomic E-state index is -4.86. The standard InChI is InChI=1S/C24H23F4N5O3/c25-16-11-31-22-21(15-10-30-19(34)4-3-18(15)32-22)20(16)12-5-7-33(8-6-12)23(35)14-2-1-13(9-17(14)29)36-24(26,27)28/h1-2,9,11-12H,3-8,10,29H2,(H,30,34)(H,31,32). The van der Waals surface area contributed by atoms with Crippen LogP contribution in [0.2, 0.25) is 0 Å². The number of carbonyl (C=O) groups excluding carboxylic acids is 2. The van der Waals surface area contributed by atoms with Crippen LogP contribution < -0.4 is 15.8 Å². The van der Waals surface area contributed by atoms with Gasteiger partial charge in [-0.3, -0.25) is 9.59 Å². The molecule has 0 atom stereocenters. The van der Waals surface area contributed by atoms with E-state index in [1.54, 1.807) is 4.90 Å². The number of nitrogens with zero attached hydrogens (tertiary/aromatic N) is 2. The average molecular weight is 505 g/mol. The fourth-order valence-corrected chi connectivity index (χ4v) is 5.07. The summed E-state index contributed by atoms with van der Waals surface area (Å²) in [5, 5.41) is 3.53. The van der Waals surface area contributed by atoms with Gasteiger partial charge in [0.05, 0.1) is 11.8 Å². The van der Waals surface area contributed by atoms with Crippen molar-refractivity contribution >= 4 is 28.5 Å². The molecule has 1 saturated heterocycles. The zero-order valence-corrected chi connectivity index (χ0v) is 19.0. The van der Waals surface area contributed by atoms with E-state index in [2.05, 4.69) is 20.0 Å². The predicted octanol–water partition coefficient (Wildman–Crippen LogP) is 3.77. The van der Waals surface area contributed by atoms with Crippen molar-refractivity contribution in [3.63, 3.8) is 0 Å². The van der Waals surface area contributed by atoms with E-state index in [0.29, 0.717) is 55.4 Å². The van der Waals surface area contributed by atoms with E-state index in [4.69, 9.17) is 5.73 Å². The van der Waals surface area contributed by atoms with Crippen molar-refractivity contribution in [3.8, 4) is 5.75 Å². The lowest BCUT2D eigenvalue weighted by molar-refractivity contribution is -0.274. The van der Waals surface area contributed by atoms with E-state index < -0.39 is 23.8 Å². The molecular weight excluding hydrogens is 482 g/mol. The summed E-state index contributed by atoms with van der Waals surface area (Å²) in [6.45, 7) is 0.920. The molecule has 0 spiro atoms. The van der Waals surface area contributed by atoms with Crippen LogP contribution in [0.3, 0.4) is 0 Å². The Labute approximate surface area is 202 Å². The van der Waals surface area contributed by atoms with Crippen molar-refractivity contribution in [2.45, 2.75) is 44.5 Å². The second-order valence-corrected chi connectivity index (χ2v) is 8.97. The number of halogens is 4. The Kier molecular flexibility index (Phi) is 5.97. The minimum absolute atomic E-state index is 0.0669. The van der Waals surface area contributed by atoms with Crippen LogP contribution in [0.1, 0.15) is 52.4 Å². The first-order valence-electron chi connectivity index (χ1n) is 11.5. The predicted molar refractivity (Wildman–Crippen MR) is 122 cm³/mol. The molecule has 2 aromatic heterocycles. The molecule has 8 nitrogen and oxygen atoms in total. The van der Waals surface area contributed by atoms with Crippen molar-refractivity contribution in [1.82, 2.24) is 20.2 Å². The first-order chi connectivity index (χ1) is 17.1. The number of aromatic amines is 1. The molecule has 0 radical (unpaired) electrons. The number of aryl methyl sites for hydroxylation is 1. The molecule has 4 heterocycles. The van der Waals surface area contributed by atoms with Crippen LogP contribution in [-0.4, -0.2) is 46.1 Å². The highest BCUT2D eigenvalue weighted by molar-refractivity contribution is 5.99. The minimum Gasteiger partial charge on any atom is -0.406 e. The molecule has 2 aliphatic rings. The molecular formula is C24H23F4N5O3. The van der Waals surface area contributed by atoms with Crippen LogP contribution >= 0.6 is 0 Å². The Balaban J connectivity index is 1.35. The quantitative estimate of drug-likeness (QED) is 0.371. The van der Waals surface area contributed by atoms with Crippen LogP contribution in [0.15, 0.2) is 24.4 Å². The number of H-pyrrole nitrogens is 1. The van der Waals surface area contributed by atoms with Gasteiger partial charge < -0.3 is 25.7 Å². The number of fused-ring (bicyclic) bond motifs is 3. The van der Waals surface area contributed by atoms with Crippen molar-refractivity contribution in [2.75, 3.05) is 18.8 Å². The van der Waals surface area contributed by atoms with Crippen LogP contribution in [0.4, 0.5) is 23.2 Å². The van der Waals surface area contributed by atoms with Gasteiger partial charge in [0.2, 0.25) is 5.91 Å². The molecule has 2 aliphatic heterocycles. The molecule has 2 amide bonds. The highest BCUT2D eigenvalue weighted by Crippen LogP contribution is 2.38. The number of hydrogen-bond acceptors (Lipinski definition) is 5. The molecule has 0 bridgehead atoms. The van der Waals surface area contributed by atoms with Crippen molar-refractivity contribution in [2.24, 2.45) is 0 Å². The van der Waals surface area contributed by atoms with E-state index in [9.17, 15) is 22.8 Å². The number of nitrogens with one attached hydrogen (secondary N) is 2. The van der Waals surface area contributed by atoms with Gasteiger partial charge in [0.1, 0.15) is 17.2 Å². The van der Waals surface area contributed by atoms with Gasteiger partial charge in [-0.05, 0) is 37.3 Å². The molecule has 1 fully saturated rings. The van der Waals surface area contributed by atoms with Crippen molar-refractivity contribution in [3.05, 3.63) is 52.6 Å². The van der Waals surface area contributed by atoms with Crippen LogP contribution in [-0.2, 0) is 17.8 Å². The number of carbonyl (C=O) groups is 2. The fraction of sp³-hybridized carbons (Fsp3) is 0.375. The Hall–Kier alpha value is -3.83. The van der Waals surface area contributed by atoms with Gasteiger partial charge in [0.25, 0.3) is 5.91 Å². The normalized spacial score (nSPS) is 17.0. The first kappa shape index (κ1) is 23.9. The highest BCUT2D eigenvalue weighted by Gasteiger charge is 2.33. The molecule has 1 aromatic carbocycles. The number of aromatic nitrogens is 2. The molecule has 5 rings (SSSR count). The van der Waals surface area contributed by atoms with E-state index in [1.807, 2.05) is 0 Å². The number of rotatable bonds is 3. The number of amides is 2. The third-order valence-electron chi connectivity index (χ3n) is 6.75. The number of pyridine rings is 1. The largest absolute Gasteiger partial charge is 0.573 e. The Bertz CT molecular complexity index is 1350. The number of nitrogens with two attached hydrogens (primary N) is 1. The van der Waals surface area contributed by atoms with E-state index >= 15 is 4.39 Å². The van der Waals surface area contributed by atoms with Crippen molar-refractivity contribution in [1.29, 1.82) is 0 Å². The third kappa shape index (κ3) is 4.54. The number of anilines is 1. The monoisotopic (exact) mass is 505 g/mol. The maximum absolute atomic E-state index is 15.1. The summed E-state index contributed by atoms with van der Waals surface area (Å²) in [7, 11) is 0. The summed E-state index contributed by atoms with van der Waals surface area (Å²) in [5.41, 5.74) is 8.59. The fourth-order valence-electron chi connectivity index (χ4n) is 5.07. The van der Waals surface area contributed by atoms with Crippen LogP contribution in [0, 0.1) is 5.82 Å². The van der Waals surface area contributed by atoms with E-state index in [0.717, 1.165) is 23.4 Å². The number of nitrogen functional groups attached to an aromatic ring is 1. The smallest absolute Gasteiger partial charge is 0.406 e. The molecule has 190 valence electrons. The van der Waals surface area contributed by atoms with Crippen LogP contribution in [0.25, 0.3) is 11.0 Å². The highest BCUT2D eigenvalue weighted by atomic mass is 19.4. The van der Waals surface area contributed by atoms with Gasteiger partial charge in [-0.1, -0.05) is 0 Å². The molecule has 4 N–H and O–H groups in total. The summed E-state index contributed by atoms with van der Waals surface area (Å²) in [6.07, 6.45) is -1.87. The van der Waals surface area contributed by atoms with Gasteiger partial charge in [-0.2, -0.15) is 0 Å². The van der Waals surface area contributed by atoms with Gasteiger partial charge in [0.15, 0.2) is 0 Å². The van der Waals surface area contributed by atoms with Gasteiger partial charge in [0, 0.05) is 60.0 Å². The lowest BCUT2D eigenvalue weighted by Gasteiger charge is -2.33. The average Bonchev–Trinajstić information content (AvgIpc) is 3.07. The zero-order chi connectivity index (χ0) is 25.6. The number of likely N-dealkylation sites (tertiary alicyclic amines) is 1. The molecule has 0 aliphatic carbocycles. The van der Waals surface area contributed by atoms with Gasteiger partial charge >= 0.3 is 6.36 Å². The second kappa shape index (κ2) is 8.99. The first-order valence-corrected chi connectivity index (χ1v) is 11.5. The zero-order valence-electron chi connectivity index (χ0n) is 19.0. The lowest BCUT2D eigenvalue weighted by Crippen LogP contribution is -2.38. The summed E-state index contributed by atoms with van der Waals surface area (Å²) in [5.74, 6) is -1.60. The summed E-state index contributed by atoms with van der Waals surface area (Å²) in [4.78, 5) is 33.8. The second-order valence-electron chi connectivity index (χ2n) is 8.97. The maximum Gasteiger partial charge on any atom is 0.573 e.